The fraction of sp³-hybridized carbons (Fsp3) is 0.400. The Morgan fingerprint density at radius 2 is 2.20 bits per heavy atom. The minimum Gasteiger partial charge on any atom is -0.461 e. The molecule has 0 amide bonds. The first-order chi connectivity index (χ1) is 9.61. The van der Waals surface area contributed by atoms with Crippen LogP contribution in [0.3, 0.4) is 0 Å². The maximum absolute atomic E-state index is 11.9. The molecule has 0 N–H and O–H groups in total. The molecule has 0 aliphatic carbocycles. The first-order valence-electron chi connectivity index (χ1n) is 6.70. The minimum absolute atomic E-state index is 0.251. The van der Waals surface area contributed by atoms with E-state index < -0.39 is 5.97 Å². The van der Waals surface area contributed by atoms with Crippen molar-refractivity contribution < 1.29 is 13.9 Å². The van der Waals surface area contributed by atoms with Crippen LogP contribution in [0.25, 0.3) is 11.6 Å². The topological polar surface area (TPSA) is 65.2 Å². The van der Waals surface area contributed by atoms with Crippen LogP contribution >= 0.6 is 0 Å². The number of carbonyl (C=O) groups is 1. The van der Waals surface area contributed by atoms with Gasteiger partial charge in [-0.2, -0.15) is 0 Å². The highest BCUT2D eigenvalue weighted by atomic mass is 16.5. The lowest BCUT2D eigenvalue weighted by Crippen LogP contribution is -2.09. The Morgan fingerprint density at radius 3 is 2.80 bits per heavy atom. The number of aromatic nitrogens is 2. The molecule has 2 aromatic rings. The molecule has 0 aliphatic rings. The Hall–Kier alpha value is -2.17. The molecule has 2 rings (SSSR count). The number of pyridine rings is 1. The number of rotatable bonds is 5. The van der Waals surface area contributed by atoms with Crippen molar-refractivity contribution >= 4 is 5.97 Å². The summed E-state index contributed by atoms with van der Waals surface area (Å²) in [6.45, 7) is 6.18. The zero-order chi connectivity index (χ0) is 14.5. The Labute approximate surface area is 118 Å². The van der Waals surface area contributed by atoms with Crippen LogP contribution in [0.1, 0.15) is 37.0 Å². The van der Waals surface area contributed by atoms with E-state index in [0.29, 0.717) is 36.3 Å². The van der Waals surface area contributed by atoms with Crippen molar-refractivity contribution in [3.8, 4) is 11.6 Å². The predicted molar refractivity (Wildman–Crippen MR) is 74.2 cm³/mol. The predicted octanol–water partition coefficient (Wildman–Crippen LogP) is 3.11. The van der Waals surface area contributed by atoms with E-state index in [4.69, 9.17) is 9.15 Å². The number of ether oxygens (including phenoxy) is 1. The van der Waals surface area contributed by atoms with E-state index in [9.17, 15) is 4.79 Å². The molecule has 0 aromatic carbocycles. The van der Waals surface area contributed by atoms with Gasteiger partial charge in [0, 0.05) is 12.6 Å². The molecule has 0 radical (unpaired) electrons. The lowest BCUT2D eigenvalue weighted by Gasteiger charge is -2.03. The maximum Gasteiger partial charge on any atom is 0.360 e. The van der Waals surface area contributed by atoms with Crippen molar-refractivity contribution in [2.75, 3.05) is 6.61 Å². The van der Waals surface area contributed by atoms with Gasteiger partial charge in [-0.15, -0.1) is 0 Å². The van der Waals surface area contributed by atoms with Gasteiger partial charge < -0.3 is 9.15 Å². The van der Waals surface area contributed by atoms with Crippen LogP contribution in [0.15, 0.2) is 28.8 Å². The van der Waals surface area contributed by atoms with Gasteiger partial charge in [0.05, 0.1) is 6.61 Å². The zero-order valence-corrected chi connectivity index (χ0v) is 11.9. The molecule has 2 aromatic heterocycles. The van der Waals surface area contributed by atoms with Gasteiger partial charge in [-0.3, -0.25) is 4.98 Å². The number of hydrogen-bond acceptors (Lipinski definition) is 5. The molecule has 20 heavy (non-hydrogen) atoms. The summed E-state index contributed by atoms with van der Waals surface area (Å²) in [7, 11) is 0. The SMILES string of the molecule is CCOC(=O)c1nc(-c2ccccn2)oc1CC(C)C. The molecule has 0 bridgehead atoms. The molecule has 0 saturated heterocycles. The lowest BCUT2D eigenvalue weighted by molar-refractivity contribution is 0.0517. The molecular formula is C15H18N2O3. The van der Waals surface area contributed by atoms with Gasteiger partial charge in [0.1, 0.15) is 11.5 Å². The van der Waals surface area contributed by atoms with Gasteiger partial charge in [0.2, 0.25) is 5.89 Å². The second-order valence-corrected chi connectivity index (χ2v) is 4.82. The number of carbonyl (C=O) groups excluding carboxylic acids is 1. The summed E-state index contributed by atoms with van der Waals surface area (Å²) in [5.41, 5.74) is 0.856. The first kappa shape index (κ1) is 14.2. The largest absolute Gasteiger partial charge is 0.461 e. The Balaban J connectivity index is 2.39. The molecule has 106 valence electrons. The lowest BCUT2D eigenvalue weighted by atomic mass is 10.1. The summed E-state index contributed by atoms with van der Waals surface area (Å²) in [5.74, 6) is 0.810. The average molecular weight is 274 g/mol. The summed E-state index contributed by atoms with van der Waals surface area (Å²) in [6, 6.07) is 5.45. The highest BCUT2D eigenvalue weighted by Gasteiger charge is 2.22. The second kappa shape index (κ2) is 6.32. The third kappa shape index (κ3) is 3.23. The van der Waals surface area contributed by atoms with Gasteiger partial charge >= 0.3 is 5.97 Å². The number of esters is 1. The highest BCUT2D eigenvalue weighted by molar-refractivity contribution is 5.88. The van der Waals surface area contributed by atoms with Crippen molar-refractivity contribution in [2.24, 2.45) is 5.92 Å². The summed E-state index contributed by atoms with van der Waals surface area (Å²) >= 11 is 0. The van der Waals surface area contributed by atoms with E-state index in [1.807, 2.05) is 12.1 Å². The normalized spacial score (nSPS) is 10.8. The van der Waals surface area contributed by atoms with E-state index in [1.54, 1.807) is 19.2 Å². The van der Waals surface area contributed by atoms with Crippen LogP contribution in [0, 0.1) is 5.92 Å². The molecular weight excluding hydrogens is 256 g/mol. The summed E-state index contributed by atoms with van der Waals surface area (Å²) < 4.78 is 10.7. The average Bonchev–Trinajstić information content (AvgIpc) is 2.83. The van der Waals surface area contributed by atoms with Gasteiger partial charge in [-0.1, -0.05) is 19.9 Å². The van der Waals surface area contributed by atoms with Gasteiger partial charge in [-0.05, 0) is 25.0 Å². The smallest absolute Gasteiger partial charge is 0.360 e. The molecule has 0 fully saturated rings. The first-order valence-corrected chi connectivity index (χ1v) is 6.70. The standard InChI is InChI=1S/C15H18N2O3/c1-4-19-15(18)13-12(9-10(2)3)20-14(17-13)11-7-5-6-8-16-11/h5-8,10H,4,9H2,1-3H3. The summed E-state index contributed by atoms with van der Waals surface area (Å²) in [6.07, 6.45) is 2.29. The molecule has 0 unspecified atom stereocenters. The van der Waals surface area contributed by atoms with Crippen LogP contribution in [-0.4, -0.2) is 22.5 Å². The maximum atomic E-state index is 11.9. The van der Waals surface area contributed by atoms with Crippen molar-refractivity contribution in [3.05, 3.63) is 35.9 Å². The van der Waals surface area contributed by atoms with Crippen LogP contribution in [0.2, 0.25) is 0 Å². The van der Waals surface area contributed by atoms with Crippen molar-refractivity contribution in [1.82, 2.24) is 9.97 Å². The molecule has 5 heteroatoms. The Morgan fingerprint density at radius 1 is 1.40 bits per heavy atom. The summed E-state index contributed by atoms with van der Waals surface area (Å²) in [4.78, 5) is 20.4. The van der Waals surface area contributed by atoms with Crippen LogP contribution in [0.4, 0.5) is 0 Å². The molecule has 0 saturated carbocycles. The highest BCUT2D eigenvalue weighted by Crippen LogP contribution is 2.23. The monoisotopic (exact) mass is 274 g/mol. The minimum atomic E-state index is -0.450. The fourth-order valence-corrected chi connectivity index (χ4v) is 1.82. The number of hydrogen-bond donors (Lipinski definition) is 0. The summed E-state index contributed by atoms with van der Waals surface area (Å²) in [5, 5.41) is 0. The molecule has 5 nitrogen and oxygen atoms in total. The van der Waals surface area contributed by atoms with E-state index in [2.05, 4.69) is 23.8 Å². The van der Waals surface area contributed by atoms with Crippen molar-refractivity contribution in [2.45, 2.75) is 27.2 Å². The van der Waals surface area contributed by atoms with Gasteiger partial charge in [-0.25, -0.2) is 9.78 Å². The van der Waals surface area contributed by atoms with Gasteiger partial charge in [0.15, 0.2) is 5.69 Å². The van der Waals surface area contributed by atoms with Crippen molar-refractivity contribution in [3.63, 3.8) is 0 Å². The second-order valence-electron chi connectivity index (χ2n) is 4.82. The molecule has 0 atom stereocenters. The van der Waals surface area contributed by atoms with E-state index in [1.165, 1.54) is 0 Å². The third-order valence-electron chi connectivity index (χ3n) is 2.64. The van der Waals surface area contributed by atoms with Gasteiger partial charge in [0.25, 0.3) is 0 Å². The van der Waals surface area contributed by atoms with Crippen LogP contribution in [-0.2, 0) is 11.2 Å². The van der Waals surface area contributed by atoms with Crippen LogP contribution in [0.5, 0.6) is 0 Å². The molecule has 0 aliphatic heterocycles. The quantitative estimate of drug-likeness (QED) is 0.784. The number of nitrogens with zero attached hydrogens (tertiary/aromatic N) is 2. The Bertz CT molecular complexity index is 576. The third-order valence-corrected chi connectivity index (χ3v) is 2.64. The van der Waals surface area contributed by atoms with Crippen molar-refractivity contribution in [1.29, 1.82) is 0 Å². The van der Waals surface area contributed by atoms with E-state index >= 15 is 0 Å². The zero-order valence-electron chi connectivity index (χ0n) is 11.9. The molecule has 0 spiro atoms. The number of oxazole rings is 1. The Kier molecular flexibility index (Phi) is 4.50. The van der Waals surface area contributed by atoms with E-state index in [0.717, 1.165) is 0 Å². The van der Waals surface area contributed by atoms with E-state index in [-0.39, 0.29) is 5.69 Å². The van der Waals surface area contributed by atoms with Crippen LogP contribution < -0.4 is 0 Å². The fourth-order valence-electron chi connectivity index (χ4n) is 1.82. The molecule has 2 heterocycles.